The summed E-state index contributed by atoms with van der Waals surface area (Å²) in [7, 11) is -2.83. The van der Waals surface area contributed by atoms with Gasteiger partial charge in [0.1, 0.15) is 18.3 Å². The second-order valence-corrected chi connectivity index (χ2v) is 12.1. The van der Waals surface area contributed by atoms with Gasteiger partial charge in [-0.3, -0.25) is 13.9 Å². The highest BCUT2D eigenvalue weighted by molar-refractivity contribution is 7.92. The van der Waals surface area contributed by atoms with Crippen LogP contribution in [0, 0.1) is 13.8 Å². The van der Waals surface area contributed by atoms with E-state index in [-0.39, 0.29) is 33.8 Å². The van der Waals surface area contributed by atoms with Crippen molar-refractivity contribution in [3.63, 3.8) is 0 Å². The summed E-state index contributed by atoms with van der Waals surface area (Å²) in [5.74, 6) is -0.593. The number of benzene rings is 3. The van der Waals surface area contributed by atoms with E-state index in [4.69, 9.17) is 16.3 Å². The molecular weight excluding hydrogens is 562 g/mol. The van der Waals surface area contributed by atoms with E-state index in [0.29, 0.717) is 13.0 Å². The van der Waals surface area contributed by atoms with Crippen molar-refractivity contribution in [3.8, 4) is 5.75 Å². The molecule has 0 aliphatic heterocycles. The Morgan fingerprint density at radius 1 is 1.00 bits per heavy atom. The molecule has 0 spiro atoms. The summed E-state index contributed by atoms with van der Waals surface area (Å²) in [6.45, 7) is 7.59. The smallest absolute Gasteiger partial charge is 0.264 e. The second kappa shape index (κ2) is 14.4. The Morgan fingerprint density at radius 3 is 2.29 bits per heavy atom. The van der Waals surface area contributed by atoms with Gasteiger partial charge in [0.25, 0.3) is 10.0 Å². The molecule has 1 N–H and O–H groups in total. The number of hydrogen-bond acceptors (Lipinski definition) is 5. The largest absolute Gasteiger partial charge is 0.495 e. The Morgan fingerprint density at radius 2 is 1.68 bits per heavy atom. The van der Waals surface area contributed by atoms with Gasteiger partial charge in [-0.1, -0.05) is 67.4 Å². The molecule has 0 bridgehead atoms. The first kappa shape index (κ1) is 32.0. The van der Waals surface area contributed by atoms with E-state index >= 15 is 0 Å². The molecule has 1 unspecified atom stereocenters. The van der Waals surface area contributed by atoms with Crippen LogP contribution in [0.4, 0.5) is 5.69 Å². The molecule has 0 radical (unpaired) electrons. The fourth-order valence-electron chi connectivity index (χ4n) is 4.47. The van der Waals surface area contributed by atoms with Crippen LogP contribution < -0.4 is 14.4 Å². The number of amides is 2. The molecule has 0 heterocycles. The highest BCUT2D eigenvalue weighted by Gasteiger charge is 2.35. The minimum Gasteiger partial charge on any atom is -0.495 e. The zero-order valence-electron chi connectivity index (χ0n) is 24.2. The molecule has 0 saturated carbocycles. The second-order valence-electron chi connectivity index (χ2n) is 9.80. The van der Waals surface area contributed by atoms with Crippen molar-refractivity contribution in [1.82, 2.24) is 10.2 Å². The standard InChI is InChI=1S/C31H38ClN3O5S/c1-6-18-33-31(37)27(7-2)34(20-24-11-9-8-10-23(24)4)30(36)21-35(28-19-25(32)14-17-29(28)40-5)41(38,39)26-15-12-22(3)13-16-26/h8-17,19,27H,6-7,18,20-21H2,1-5H3,(H,33,37). The zero-order chi connectivity index (χ0) is 30.2. The fourth-order valence-corrected chi connectivity index (χ4v) is 6.05. The number of nitrogens with one attached hydrogen (secondary N) is 1. The number of anilines is 1. The average Bonchev–Trinajstić information content (AvgIpc) is 2.95. The summed E-state index contributed by atoms with van der Waals surface area (Å²) in [5, 5.41) is 3.17. The Balaban J connectivity index is 2.13. The van der Waals surface area contributed by atoms with Gasteiger partial charge >= 0.3 is 0 Å². The first-order valence-corrected chi connectivity index (χ1v) is 15.4. The molecule has 3 rings (SSSR count). The molecule has 0 aliphatic rings. The third-order valence-electron chi connectivity index (χ3n) is 6.83. The third-order valence-corrected chi connectivity index (χ3v) is 8.84. The van der Waals surface area contributed by atoms with Gasteiger partial charge in [0.05, 0.1) is 17.7 Å². The summed E-state index contributed by atoms with van der Waals surface area (Å²) >= 11 is 6.30. The molecule has 3 aromatic carbocycles. The molecule has 0 fully saturated rings. The normalized spacial score (nSPS) is 12.0. The highest BCUT2D eigenvalue weighted by atomic mass is 35.5. The maximum atomic E-state index is 14.2. The van der Waals surface area contributed by atoms with Crippen LogP contribution in [0.2, 0.25) is 5.02 Å². The van der Waals surface area contributed by atoms with Gasteiger partial charge in [0.15, 0.2) is 0 Å². The number of aryl methyl sites for hydroxylation is 2. The van der Waals surface area contributed by atoms with Gasteiger partial charge in [-0.15, -0.1) is 0 Å². The number of carbonyl (C=O) groups excluding carboxylic acids is 2. The predicted octanol–water partition coefficient (Wildman–Crippen LogP) is 5.49. The highest BCUT2D eigenvalue weighted by Crippen LogP contribution is 2.35. The Bertz CT molecular complexity index is 1460. The quantitative estimate of drug-likeness (QED) is 0.280. The number of sulfonamides is 1. The van der Waals surface area contributed by atoms with Crippen molar-refractivity contribution in [3.05, 3.63) is 88.4 Å². The van der Waals surface area contributed by atoms with Gasteiger partial charge in [-0.05, 0) is 68.1 Å². The number of rotatable bonds is 13. The van der Waals surface area contributed by atoms with Crippen LogP contribution in [0.5, 0.6) is 5.75 Å². The molecular formula is C31H38ClN3O5S. The number of carbonyl (C=O) groups is 2. The molecule has 2 amide bonds. The molecule has 0 aromatic heterocycles. The van der Waals surface area contributed by atoms with Gasteiger partial charge < -0.3 is 15.0 Å². The van der Waals surface area contributed by atoms with Crippen molar-refractivity contribution in [2.24, 2.45) is 0 Å². The molecule has 41 heavy (non-hydrogen) atoms. The van der Waals surface area contributed by atoms with E-state index in [2.05, 4.69) is 5.32 Å². The first-order chi connectivity index (χ1) is 19.5. The summed E-state index contributed by atoms with van der Waals surface area (Å²) < 4.78 is 34.7. The lowest BCUT2D eigenvalue weighted by Gasteiger charge is -2.33. The van der Waals surface area contributed by atoms with E-state index in [1.165, 1.54) is 30.2 Å². The third kappa shape index (κ3) is 7.80. The lowest BCUT2D eigenvalue weighted by Crippen LogP contribution is -2.52. The van der Waals surface area contributed by atoms with Gasteiger partial charge in [0.2, 0.25) is 11.8 Å². The SMILES string of the molecule is CCCNC(=O)C(CC)N(Cc1ccccc1C)C(=O)CN(c1cc(Cl)ccc1OC)S(=O)(=O)c1ccc(C)cc1. The number of halogens is 1. The summed E-state index contributed by atoms with van der Waals surface area (Å²) in [5.41, 5.74) is 2.82. The van der Waals surface area contributed by atoms with Gasteiger partial charge in [0, 0.05) is 18.1 Å². The van der Waals surface area contributed by atoms with Gasteiger partial charge in [-0.2, -0.15) is 0 Å². The molecule has 0 saturated heterocycles. The Labute approximate surface area is 248 Å². The maximum absolute atomic E-state index is 14.2. The molecule has 220 valence electrons. The Kier molecular flexibility index (Phi) is 11.2. The summed E-state index contributed by atoms with van der Waals surface area (Å²) in [6, 6.07) is 17.8. The van der Waals surface area contributed by atoms with E-state index < -0.39 is 28.5 Å². The van der Waals surface area contributed by atoms with E-state index in [1.54, 1.807) is 24.3 Å². The lowest BCUT2D eigenvalue weighted by atomic mass is 10.1. The minimum absolute atomic E-state index is 0.0103. The molecule has 0 aliphatic carbocycles. The van der Waals surface area contributed by atoms with Crippen LogP contribution in [-0.4, -0.2) is 51.4 Å². The van der Waals surface area contributed by atoms with Crippen LogP contribution in [0.1, 0.15) is 43.4 Å². The molecule has 1 atom stereocenters. The summed E-state index contributed by atoms with van der Waals surface area (Å²) in [4.78, 5) is 28.9. The van der Waals surface area contributed by atoms with E-state index in [0.717, 1.165) is 27.4 Å². The van der Waals surface area contributed by atoms with Crippen LogP contribution in [0.15, 0.2) is 71.6 Å². The molecule has 3 aromatic rings. The summed E-state index contributed by atoms with van der Waals surface area (Å²) in [6.07, 6.45) is 1.09. The van der Waals surface area contributed by atoms with Crippen LogP contribution in [-0.2, 0) is 26.2 Å². The average molecular weight is 600 g/mol. The van der Waals surface area contributed by atoms with Crippen LogP contribution in [0.25, 0.3) is 0 Å². The Hall–Kier alpha value is -3.56. The monoisotopic (exact) mass is 599 g/mol. The van der Waals surface area contributed by atoms with Crippen molar-refractivity contribution < 1.29 is 22.7 Å². The number of ether oxygens (including phenoxy) is 1. The number of nitrogens with zero attached hydrogens (tertiary/aromatic N) is 2. The minimum atomic E-state index is -4.25. The molecule has 10 heteroatoms. The van der Waals surface area contributed by atoms with Crippen molar-refractivity contribution in [2.45, 2.75) is 58.0 Å². The van der Waals surface area contributed by atoms with Crippen molar-refractivity contribution in [2.75, 3.05) is 24.5 Å². The van der Waals surface area contributed by atoms with E-state index in [9.17, 15) is 18.0 Å². The zero-order valence-corrected chi connectivity index (χ0v) is 25.8. The number of hydrogen-bond donors (Lipinski definition) is 1. The van der Waals surface area contributed by atoms with E-state index in [1.807, 2.05) is 52.0 Å². The van der Waals surface area contributed by atoms with Crippen molar-refractivity contribution >= 4 is 39.1 Å². The maximum Gasteiger partial charge on any atom is 0.264 e. The lowest BCUT2D eigenvalue weighted by molar-refractivity contribution is -0.140. The topological polar surface area (TPSA) is 96.0 Å². The first-order valence-electron chi connectivity index (χ1n) is 13.6. The predicted molar refractivity (Wildman–Crippen MR) is 163 cm³/mol. The fraction of sp³-hybridized carbons (Fsp3) is 0.355. The van der Waals surface area contributed by atoms with Crippen molar-refractivity contribution in [1.29, 1.82) is 0 Å². The number of methoxy groups -OCH3 is 1. The molecule has 8 nitrogen and oxygen atoms in total. The van der Waals surface area contributed by atoms with Gasteiger partial charge in [-0.25, -0.2) is 8.42 Å². The van der Waals surface area contributed by atoms with Crippen LogP contribution in [0.3, 0.4) is 0 Å². The van der Waals surface area contributed by atoms with Crippen LogP contribution >= 0.6 is 11.6 Å².